The number of thioether (sulfide) groups is 1. The minimum atomic E-state index is -0.0246. The van der Waals surface area contributed by atoms with E-state index in [0.717, 1.165) is 23.6 Å². The van der Waals surface area contributed by atoms with Crippen LogP contribution in [-0.4, -0.2) is 21.2 Å². The quantitative estimate of drug-likeness (QED) is 0.834. The van der Waals surface area contributed by atoms with Crippen LogP contribution < -0.4 is 11.3 Å². The first-order valence-electron chi connectivity index (χ1n) is 5.97. The number of fused-ring (bicyclic) bond motifs is 1. The van der Waals surface area contributed by atoms with E-state index in [9.17, 15) is 4.79 Å². The first kappa shape index (κ1) is 13.1. The Morgan fingerprint density at radius 1 is 1.50 bits per heavy atom. The van der Waals surface area contributed by atoms with Crippen molar-refractivity contribution >= 4 is 17.4 Å². The summed E-state index contributed by atoms with van der Waals surface area (Å²) in [5, 5.41) is 0. The average Bonchev–Trinajstić information content (AvgIpc) is 2.35. The molecule has 2 aromatic heterocycles. The van der Waals surface area contributed by atoms with E-state index < -0.39 is 0 Å². The van der Waals surface area contributed by atoms with Gasteiger partial charge in [0.2, 0.25) is 0 Å². The molecular weight excluding hydrogens is 246 g/mol. The van der Waals surface area contributed by atoms with E-state index in [1.165, 1.54) is 0 Å². The van der Waals surface area contributed by atoms with Crippen LogP contribution in [-0.2, 0) is 5.75 Å². The van der Waals surface area contributed by atoms with Gasteiger partial charge in [-0.3, -0.25) is 9.20 Å². The van der Waals surface area contributed by atoms with Crippen LogP contribution in [0, 0.1) is 0 Å². The molecule has 0 saturated carbocycles. The molecule has 1 atom stereocenters. The van der Waals surface area contributed by atoms with Crippen molar-refractivity contribution in [3.63, 3.8) is 0 Å². The highest BCUT2D eigenvalue weighted by Gasteiger charge is 2.02. The summed E-state index contributed by atoms with van der Waals surface area (Å²) in [6, 6.07) is 7.39. The second-order valence-corrected chi connectivity index (χ2v) is 5.44. The van der Waals surface area contributed by atoms with Gasteiger partial charge >= 0.3 is 0 Å². The van der Waals surface area contributed by atoms with Crippen molar-refractivity contribution in [1.82, 2.24) is 9.38 Å². The molecule has 2 aromatic rings. The highest BCUT2D eigenvalue weighted by molar-refractivity contribution is 7.98. The summed E-state index contributed by atoms with van der Waals surface area (Å²) in [6.07, 6.45) is 2.72. The predicted molar refractivity (Wildman–Crippen MR) is 75.9 cm³/mol. The lowest BCUT2D eigenvalue weighted by Gasteiger charge is -2.05. The van der Waals surface area contributed by atoms with E-state index in [1.54, 1.807) is 28.4 Å². The van der Waals surface area contributed by atoms with Gasteiger partial charge < -0.3 is 5.73 Å². The number of hydrogen-bond acceptors (Lipinski definition) is 4. The summed E-state index contributed by atoms with van der Waals surface area (Å²) in [6.45, 7) is 2.00. The second-order valence-electron chi connectivity index (χ2n) is 4.33. The molecule has 0 aromatic carbocycles. The lowest BCUT2D eigenvalue weighted by atomic mass is 10.3. The number of aromatic nitrogens is 2. The number of rotatable bonds is 5. The monoisotopic (exact) mass is 263 g/mol. The molecule has 96 valence electrons. The van der Waals surface area contributed by atoms with Gasteiger partial charge in [-0.05, 0) is 31.2 Å². The summed E-state index contributed by atoms with van der Waals surface area (Å²) >= 11 is 1.76. The van der Waals surface area contributed by atoms with Gasteiger partial charge in [-0.2, -0.15) is 11.8 Å². The van der Waals surface area contributed by atoms with Crippen LogP contribution in [0.3, 0.4) is 0 Å². The Morgan fingerprint density at radius 2 is 2.33 bits per heavy atom. The van der Waals surface area contributed by atoms with Crippen molar-refractivity contribution in [2.45, 2.75) is 25.1 Å². The SMILES string of the molecule is CC(N)CCSCc1cc(=O)n2ccccc2n1. The van der Waals surface area contributed by atoms with Crippen molar-refractivity contribution in [2.24, 2.45) is 5.73 Å². The normalized spacial score (nSPS) is 12.8. The molecule has 0 radical (unpaired) electrons. The summed E-state index contributed by atoms with van der Waals surface area (Å²) in [4.78, 5) is 16.3. The smallest absolute Gasteiger partial charge is 0.258 e. The van der Waals surface area contributed by atoms with Gasteiger partial charge in [0, 0.05) is 24.1 Å². The van der Waals surface area contributed by atoms with Crippen molar-refractivity contribution in [2.75, 3.05) is 5.75 Å². The predicted octanol–water partition coefficient (Wildman–Crippen LogP) is 1.67. The first-order valence-corrected chi connectivity index (χ1v) is 7.13. The van der Waals surface area contributed by atoms with Gasteiger partial charge in [-0.25, -0.2) is 4.98 Å². The number of pyridine rings is 1. The molecule has 0 saturated heterocycles. The fourth-order valence-corrected chi connectivity index (χ4v) is 2.66. The lowest BCUT2D eigenvalue weighted by Crippen LogP contribution is -2.16. The first-order chi connectivity index (χ1) is 8.66. The summed E-state index contributed by atoms with van der Waals surface area (Å²) in [5.41, 5.74) is 7.20. The molecular formula is C13H17N3OS. The fraction of sp³-hybridized carbons (Fsp3) is 0.385. The molecule has 0 amide bonds. The molecule has 0 fully saturated rings. The van der Waals surface area contributed by atoms with E-state index >= 15 is 0 Å². The Kier molecular flexibility index (Phi) is 4.38. The summed E-state index contributed by atoms with van der Waals surface area (Å²) in [7, 11) is 0. The molecule has 0 bridgehead atoms. The number of nitrogens with zero attached hydrogens (tertiary/aromatic N) is 2. The maximum Gasteiger partial charge on any atom is 0.258 e. The minimum absolute atomic E-state index is 0.0246. The van der Waals surface area contributed by atoms with Crippen molar-refractivity contribution in [3.05, 3.63) is 46.5 Å². The van der Waals surface area contributed by atoms with E-state index in [1.807, 2.05) is 25.1 Å². The Morgan fingerprint density at radius 3 is 3.11 bits per heavy atom. The Balaban J connectivity index is 2.08. The van der Waals surface area contributed by atoms with Crippen LogP contribution in [0.1, 0.15) is 19.0 Å². The van der Waals surface area contributed by atoms with E-state index in [-0.39, 0.29) is 11.6 Å². The highest BCUT2D eigenvalue weighted by atomic mass is 32.2. The molecule has 2 rings (SSSR count). The topological polar surface area (TPSA) is 60.4 Å². The van der Waals surface area contributed by atoms with Crippen LogP contribution in [0.25, 0.3) is 5.65 Å². The molecule has 2 N–H and O–H groups in total. The largest absolute Gasteiger partial charge is 0.328 e. The third-order valence-corrected chi connectivity index (χ3v) is 3.62. The van der Waals surface area contributed by atoms with Crippen molar-refractivity contribution in [3.8, 4) is 0 Å². The Bertz CT molecular complexity index is 580. The second kappa shape index (κ2) is 6.02. The molecule has 2 heterocycles. The third-order valence-electron chi connectivity index (χ3n) is 2.59. The maximum atomic E-state index is 11.8. The van der Waals surface area contributed by atoms with Gasteiger partial charge in [0.1, 0.15) is 5.65 Å². The molecule has 0 aliphatic heterocycles. The highest BCUT2D eigenvalue weighted by Crippen LogP contribution is 2.11. The van der Waals surface area contributed by atoms with Crippen LogP contribution in [0.5, 0.6) is 0 Å². The summed E-state index contributed by atoms with van der Waals surface area (Å²) < 4.78 is 1.55. The van der Waals surface area contributed by atoms with E-state index in [2.05, 4.69) is 4.98 Å². The van der Waals surface area contributed by atoms with Gasteiger partial charge in [0.15, 0.2) is 0 Å². The summed E-state index contributed by atoms with van der Waals surface area (Å²) in [5.74, 6) is 1.75. The zero-order chi connectivity index (χ0) is 13.0. The van der Waals surface area contributed by atoms with Crippen molar-refractivity contribution in [1.29, 1.82) is 0 Å². The lowest BCUT2D eigenvalue weighted by molar-refractivity contribution is 0.721. The van der Waals surface area contributed by atoms with Crippen LogP contribution in [0.15, 0.2) is 35.3 Å². The van der Waals surface area contributed by atoms with Crippen LogP contribution >= 0.6 is 11.8 Å². The molecule has 5 heteroatoms. The van der Waals surface area contributed by atoms with Gasteiger partial charge in [-0.15, -0.1) is 0 Å². The minimum Gasteiger partial charge on any atom is -0.328 e. The van der Waals surface area contributed by atoms with Crippen LogP contribution in [0.4, 0.5) is 0 Å². The standard InChI is InChI=1S/C13H17N3OS/c1-10(14)5-7-18-9-11-8-13(17)16-6-3-2-4-12(16)15-11/h2-4,6,8,10H,5,7,9,14H2,1H3. The molecule has 0 spiro atoms. The molecule has 18 heavy (non-hydrogen) atoms. The van der Waals surface area contributed by atoms with Gasteiger partial charge in [-0.1, -0.05) is 6.07 Å². The maximum absolute atomic E-state index is 11.8. The van der Waals surface area contributed by atoms with Gasteiger partial charge in [0.05, 0.1) is 5.69 Å². The molecule has 0 aliphatic rings. The number of hydrogen-bond donors (Lipinski definition) is 1. The van der Waals surface area contributed by atoms with E-state index in [0.29, 0.717) is 5.65 Å². The average molecular weight is 263 g/mol. The van der Waals surface area contributed by atoms with E-state index in [4.69, 9.17) is 5.73 Å². The Labute approximate surface area is 110 Å². The number of nitrogens with two attached hydrogens (primary N) is 1. The zero-order valence-corrected chi connectivity index (χ0v) is 11.2. The van der Waals surface area contributed by atoms with Crippen molar-refractivity contribution < 1.29 is 0 Å². The van der Waals surface area contributed by atoms with Crippen LogP contribution in [0.2, 0.25) is 0 Å². The molecule has 4 nitrogen and oxygen atoms in total. The Hall–Kier alpha value is -1.33. The zero-order valence-electron chi connectivity index (χ0n) is 10.4. The van der Waals surface area contributed by atoms with Gasteiger partial charge in [0.25, 0.3) is 5.56 Å². The molecule has 1 unspecified atom stereocenters. The molecule has 0 aliphatic carbocycles. The fourth-order valence-electron chi connectivity index (χ4n) is 1.62. The third kappa shape index (κ3) is 3.34.